The second-order valence-electron chi connectivity index (χ2n) is 4.42. The van der Waals surface area contributed by atoms with E-state index in [0.717, 1.165) is 5.56 Å². The van der Waals surface area contributed by atoms with E-state index in [1.807, 2.05) is 0 Å². The highest BCUT2D eigenvalue weighted by molar-refractivity contribution is 5.73. The van der Waals surface area contributed by atoms with Crippen molar-refractivity contribution >= 4 is 6.03 Å². The van der Waals surface area contributed by atoms with Gasteiger partial charge in [0.15, 0.2) is 0 Å². The first kappa shape index (κ1) is 15.7. The van der Waals surface area contributed by atoms with E-state index in [0.29, 0.717) is 12.1 Å². The predicted molar refractivity (Wildman–Crippen MR) is 76.4 cm³/mol. The fourth-order valence-electron chi connectivity index (χ4n) is 1.76. The first-order valence-corrected chi connectivity index (χ1v) is 6.58. The van der Waals surface area contributed by atoms with E-state index in [4.69, 9.17) is 0 Å². The Morgan fingerprint density at radius 3 is 2.45 bits per heavy atom. The molecule has 0 spiro atoms. The van der Waals surface area contributed by atoms with Crippen molar-refractivity contribution in [1.29, 1.82) is 0 Å². The molecule has 1 aromatic heterocycles. The number of aromatic nitrogens is 1. The van der Waals surface area contributed by atoms with Gasteiger partial charge < -0.3 is 15.4 Å². The van der Waals surface area contributed by atoms with Crippen molar-refractivity contribution in [3.63, 3.8) is 0 Å². The Hall–Kier alpha value is -2.70. The first-order valence-electron chi connectivity index (χ1n) is 6.58. The third-order valence-electron chi connectivity index (χ3n) is 2.78. The molecule has 2 amide bonds. The molecular weight excluding hydrogens is 292 g/mol. The van der Waals surface area contributed by atoms with Crippen LogP contribution in [0.3, 0.4) is 0 Å². The van der Waals surface area contributed by atoms with E-state index in [-0.39, 0.29) is 18.3 Å². The zero-order chi connectivity index (χ0) is 15.8. The molecule has 1 aromatic carbocycles. The van der Waals surface area contributed by atoms with Crippen LogP contribution in [0.15, 0.2) is 48.8 Å². The van der Waals surface area contributed by atoms with Gasteiger partial charge in [-0.15, -0.1) is 0 Å². The van der Waals surface area contributed by atoms with Crippen LogP contribution in [0.1, 0.15) is 11.1 Å². The largest absolute Gasteiger partial charge is 0.435 e. The summed E-state index contributed by atoms with van der Waals surface area (Å²) in [6.07, 6.45) is 3.28. The number of ether oxygens (including phenoxy) is 1. The van der Waals surface area contributed by atoms with E-state index in [1.54, 1.807) is 36.7 Å². The fourth-order valence-corrected chi connectivity index (χ4v) is 1.76. The number of halogens is 2. The third-order valence-corrected chi connectivity index (χ3v) is 2.78. The zero-order valence-corrected chi connectivity index (χ0v) is 11.6. The van der Waals surface area contributed by atoms with Crippen molar-refractivity contribution in [1.82, 2.24) is 15.6 Å². The summed E-state index contributed by atoms with van der Waals surface area (Å²) in [5, 5.41) is 5.33. The summed E-state index contributed by atoms with van der Waals surface area (Å²) in [6.45, 7) is -2.28. The summed E-state index contributed by atoms with van der Waals surface area (Å²) in [5.41, 5.74) is 1.59. The van der Waals surface area contributed by atoms with Crippen molar-refractivity contribution in [2.75, 3.05) is 0 Å². The highest BCUT2D eigenvalue weighted by atomic mass is 19.3. The van der Waals surface area contributed by atoms with Crippen LogP contribution in [0.25, 0.3) is 0 Å². The Bertz CT molecular complexity index is 609. The first-order chi connectivity index (χ1) is 10.6. The molecule has 0 atom stereocenters. The molecule has 0 saturated carbocycles. The van der Waals surface area contributed by atoms with E-state index < -0.39 is 6.61 Å². The lowest BCUT2D eigenvalue weighted by molar-refractivity contribution is -0.0498. The molecule has 116 valence electrons. The van der Waals surface area contributed by atoms with Gasteiger partial charge in [-0.3, -0.25) is 4.98 Å². The van der Waals surface area contributed by atoms with Crippen LogP contribution >= 0.6 is 0 Å². The van der Waals surface area contributed by atoms with E-state index in [1.165, 1.54) is 12.1 Å². The molecule has 22 heavy (non-hydrogen) atoms. The van der Waals surface area contributed by atoms with Crippen LogP contribution in [0.4, 0.5) is 13.6 Å². The van der Waals surface area contributed by atoms with E-state index >= 15 is 0 Å². The summed E-state index contributed by atoms with van der Waals surface area (Å²) in [5.74, 6) is 0.0616. The molecule has 0 saturated heterocycles. The molecule has 1 heterocycles. The molecule has 0 unspecified atom stereocenters. The number of hydrogen-bond acceptors (Lipinski definition) is 3. The number of pyridine rings is 1. The summed E-state index contributed by atoms with van der Waals surface area (Å²) in [4.78, 5) is 15.5. The number of hydrogen-bond donors (Lipinski definition) is 2. The van der Waals surface area contributed by atoms with Crippen molar-refractivity contribution < 1.29 is 18.3 Å². The molecule has 0 fully saturated rings. The van der Waals surface area contributed by atoms with Crippen molar-refractivity contribution in [3.05, 3.63) is 59.9 Å². The molecule has 0 aliphatic rings. The highest BCUT2D eigenvalue weighted by Gasteiger charge is 2.05. The Labute approximate surface area is 126 Å². The topological polar surface area (TPSA) is 63.2 Å². The average Bonchev–Trinajstić information content (AvgIpc) is 2.52. The number of carbonyl (C=O) groups excluding carboxylic acids is 1. The van der Waals surface area contributed by atoms with Gasteiger partial charge in [-0.2, -0.15) is 8.78 Å². The Balaban J connectivity index is 1.78. The maximum atomic E-state index is 12.1. The van der Waals surface area contributed by atoms with Crippen LogP contribution in [-0.4, -0.2) is 17.6 Å². The molecule has 5 nitrogen and oxygen atoms in total. The van der Waals surface area contributed by atoms with Gasteiger partial charge in [0.25, 0.3) is 0 Å². The van der Waals surface area contributed by atoms with Gasteiger partial charge in [0.05, 0.1) is 0 Å². The average molecular weight is 307 g/mol. The van der Waals surface area contributed by atoms with Gasteiger partial charge >= 0.3 is 12.6 Å². The summed E-state index contributed by atoms with van der Waals surface area (Å²) in [7, 11) is 0. The number of nitrogens with zero attached hydrogens (tertiary/aromatic N) is 1. The maximum Gasteiger partial charge on any atom is 0.387 e. The number of alkyl halides is 2. The van der Waals surface area contributed by atoms with E-state index in [2.05, 4.69) is 20.4 Å². The Morgan fingerprint density at radius 1 is 1.09 bits per heavy atom. The number of carbonyl (C=O) groups is 1. The fraction of sp³-hybridized carbons (Fsp3) is 0.200. The van der Waals surface area contributed by atoms with Gasteiger partial charge in [-0.1, -0.05) is 12.1 Å². The second kappa shape index (κ2) is 7.92. The minimum atomic E-state index is -2.87. The smallest absolute Gasteiger partial charge is 0.387 e. The number of amides is 2. The minimum Gasteiger partial charge on any atom is -0.435 e. The molecule has 0 radical (unpaired) electrons. The summed E-state index contributed by atoms with van der Waals surface area (Å²) >= 11 is 0. The molecule has 2 rings (SSSR count). The number of benzene rings is 1. The van der Waals surface area contributed by atoms with Crippen molar-refractivity contribution in [3.8, 4) is 5.75 Å². The standard InChI is InChI=1S/C15H15F2N3O2/c16-14(17)22-13-3-1-2-12(8-13)10-20-15(21)19-9-11-4-6-18-7-5-11/h1-8,14H,9-10H2,(H2,19,20,21). The molecular formula is C15H15F2N3O2. The highest BCUT2D eigenvalue weighted by Crippen LogP contribution is 2.15. The number of rotatable bonds is 6. The molecule has 0 aliphatic heterocycles. The van der Waals surface area contributed by atoms with Gasteiger partial charge in [0.1, 0.15) is 5.75 Å². The van der Waals surface area contributed by atoms with Crippen LogP contribution < -0.4 is 15.4 Å². The Kier molecular flexibility index (Phi) is 5.65. The molecule has 0 aliphatic carbocycles. The summed E-state index contributed by atoms with van der Waals surface area (Å²) < 4.78 is 28.5. The SMILES string of the molecule is O=C(NCc1ccncc1)NCc1cccc(OC(F)F)c1. The quantitative estimate of drug-likeness (QED) is 0.862. The Morgan fingerprint density at radius 2 is 1.77 bits per heavy atom. The normalized spacial score (nSPS) is 10.3. The second-order valence-corrected chi connectivity index (χ2v) is 4.42. The van der Waals surface area contributed by atoms with Crippen molar-refractivity contribution in [2.45, 2.75) is 19.7 Å². The van der Waals surface area contributed by atoms with Crippen LogP contribution in [0, 0.1) is 0 Å². The lowest BCUT2D eigenvalue weighted by Gasteiger charge is -2.09. The summed E-state index contributed by atoms with van der Waals surface area (Å²) in [6, 6.07) is 9.42. The maximum absolute atomic E-state index is 12.1. The lowest BCUT2D eigenvalue weighted by Crippen LogP contribution is -2.34. The monoisotopic (exact) mass is 307 g/mol. The van der Waals surface area contributed by atoms with Crippen LogP contribution in [0.2, 0.25) is 0 Å². The predicted octanol–water partition coefficient (Wildman–Crippen LogP) is 2.68. The van der Waals surface area contributed by atoms with Crippen molar-refractivity contribution in [2.24, 2.45) is 0 Å². The number of nitrogens with one attached hydrogen (secondary N) is 2. The number of urea groups is 1. The van der Waals surface area contributed by atoms with Gasteiger partial charge in [-0.05, 0) is 35.4 Å². The van der Waals surface area contributed by atoms with E-state index in [9.17, 15) is 13.6 Å². The lowest BCUT2D eigenvalue weighted by atomic mass is 10.2. The van der Waals surface area contributed by atoms with Crippen LogP contribution in [0.5, 0.6) is 5.75 Å². The molecule has 2 aromatic rings. The molecule has 0 bridgehead atoms. The minimum absolute atomic E-state index is 0.0616. The zero-order valence-electron chi connectivity index (χ0n) is 11.6. The molecule has 7 heteroatoms. The van der Waals surface area contributed by atoms with Gasteiger partial charge in [0, 0.05) is 25.5 Å². The molecule has 2 N–H and O–H groups in total. The van der Waals surface area contributed by atoms with Gasteiger partial charge in [-0.25, -0.2) is 4.79 Å². The van der Waals surface area contributed by atoms with Crippen LogP contribution in [-0.2, 0) is 13.1 Å². The van der Waals surface area contributed by atoms with Gasteiger partial charge in [0.2, 0.25) is 0 Å². The third kappa shape index (κ3) is 5.35.